The van der Waals surface area contributed by atoms with E-state index in [0.29, 0.717) is 13.0 Å². The Morgan fingerprint density at radius 2 is 1.58 bits per heavy atom. The highest BCUT2D eigenvalue weighted by Gasteiger charge is 2.45. The number of H-pyrrole nitrogens is 2. The molecule has 26 heavy (non-hydrogen) atoms. The lowest BCUT2D eigenvalue weighted by molar-refractivity contribution is -0.120. The van der Waals surface area contributed by atoms with Crippen LogP contribution in [0.15, 0.2) is 60.9 Å². The SMILES string of the molecule is O=C(Cc1c[nH]c2ccccc12)NCC1(c2c[nH]c3ccccc23)CC1. The Balaban J connectivity index is 1.30. The van der Waals surface area contributed by atoms with Crippen molar-refractivity contribution < 1.29 is 4.79 Å². The molecule has 0 spiro atoms. The molecule has 0 bridgehead atoms. The molecule has 1 aliphatic carbocycles. The second-order valence-electron chi connectivity index (χ2n) is 7.34. The Morgan fingerprint density at radius 3 is 2.35 bits per heavy atom. The minimum absolute atomic E-state index is 0.0841. The second-order valence-corrected chi connectivity index (χ2v) is 7.34. The molecule has 4 aromatic rings. The summed E-state index contributed by atoms with van der Waals surface area (Å²) >= 11 is 0. The van der Waals surface area contributed by atoms with Crippen molar-refractivity contribution in [1.82, 2.24) is 15.3 Å². The molecule has 0 unspecified atom stereocenters. The highest BCUT2D eigenvalue weighted by atomic mass is 16.1. The van der Waals surface area contributed by atoms with Gasteiger partial charge in [0.25, 0.3) is 0 Å². The van der Waals surface area contributed by atoms with E-state index in [1.165, 1.54) is 16.5 Å². The zero-order valence-corrected chi connectivity index (χ0v) is 14.5. The van der Waals surface area contributed by atoms with Gasteiger partial charge in [0.15, 0.2) is 0 Å². The molecule has 0 saturated heterocycles. The summed E-state index contributed by atoms with van der Waals surface area (Å²) in [5, 5.41) is 5.57. The number of aromatic amines is 2. The van der Waals surface area contributed by atoms with E-state index in [-0.39, 0.29) is 11.3 Å². The van der Waals surface area contributed by atoms with Crippen molar-refractivity contribution in [2.45, 2.75) is 24.7 Å². The largest absolute Gasteiger partial charge is 0.361 e. The van der Waals surface area contributed by atoms with Gasteiger partial charge in [-0.1, -0.05) is 36.4 Å². The predicted molar refractivity (Wildman–Crippen MR) is 104 cm³/mol. The molecule has 2 heterocycles. The lowest BCUT2D eigenvalue weighted by Gasteiger charge is -2.15. The number of hydrogen-bond acceptors (Lipinski definition) is 1. The van der Waals surface area contributed by atoms with Crippen LogP contribution in [-0.4, -0.2) is 22.4 Å². The number of nitrogens with one attached hydrogen (secondary N) is 3. The van der Waals surface area contributed by atoms with Gasteiger partial charge in [0.05, 0.1) is 6.42 Å². The number of carbonyl (C=O) groups excluding carboxylic acids is 1. The summed E-state index contributed by atoms with van der Waals surface area (Å²) < 4.78 is 0. The van der Waals surface area contributed by atoms with E-state index in [1.807, 2.05) is 30.5 Å². The molecule has 2 aromatic carbocycles. The van der Waals surface area contributed by atoms with Crippen molar-refractivity contribution in [3.8, 4) is 0 Å². The Morgan fingerprint density at radius 1 is 0.923 bits per heavy atom. The minimum Gasteiger partial charge on any atom is -0.361 e. The van der Waals surface area contributed by atoms with Crippen LogP contribution in [0.4, 0.5) is 0 Å². The van der Waals surface area contributed by atoms with Crippen LogP contribution in [0.25, 0.3) is 21.8 Å². The Labute approximate surface area is 151 Å². The van der Waals surface area contributed by atoms with Crippen molar-refractivity contribution in [1.29, 1.82) is 0 Å². The molecule has 4 nitrogen and oxygen atoms in total. The van der Waals surface area contributed by atoms with Crippen LogP contribution in [0, 0.1) is 0 Å². The second kappa shape index (κ2) is 5.77. The van der Waals surface area contributed by atoms with E-state index < -0.39 is 0 Å². The molecular weight excluding hydrogens is 322 g/mol. The van der Waals surface area contributed by atoms with E-state index in [2.05, 4.69) is 45.7 Å². The standard InChI is InChI=1S/C22H21N3O/c26-21(11-15-12-23-19-7-3-1-5-16(15)19)25-14-22(9-10-22)18-13-24-20-8-4-2-6-17(18)20/h1-8,12-13,23-24H,9-11,14H2,(H,25,26). The maximum absolute atomic E-state index is 12.5. The van der Waals surface area contributed by atoms with E-state index >= 15 is 0 Å². The van der Waals surface area contributed by atoms with E-state index in [4.69, 9.17) is 0 Å². The van der Waals surface area contributed by atoms with E-state index in [0.717, 1.165) is 29.3 Å². The van der Waals surface area contributed by atoms with Crippen molar-refractivity contribution in [3.63, 3.8) is 0 Å². The third-order valence-corrected chi connectivity index (χ3v) is 5.66. The highest BCUT2D eigenvalue weighted by Crippen LogP contribution is 2.49. The van der Waals surface area contributed by atoms with Crippen LogP contribution in [-0.2, 0) is 16.6 Å². The number of para-hydroxylation sites is 2. The van der Waals surface area contributed by atoms with Gasteiger partial charge < -0.3 is 15.3 Å². The fraction of sp³-hybridized carbons (Fsp3) is 0.227. The highest BCUT2D eigenvalue weighted by molar-refractivity contribution is 5.89. The number of hydrogen-bond donors (Lipinski definition) is 3. The monoisotopic (exact) mass is 343 g/mol. The van der Waals surface area contributed by atoms with Crippen molar-refractivity contribution in [2.75, 3.05) is 6.54 Å². The van der Waals surface area contributed by atoms with E-state index in [9.17, 15) is 4.79 Å². The van der Waals surface area contributed by atoms with Gasteiger partial charge in [-0.05, 0) is 36.1 Å². The molecular formula is C22H21N3O. The fourth-order valence-corrected chi connectivity index (χ4v) is 3.98. The Bertz CT molecular complexity index is 1100. The number of amides is 1. The molecule has 0 atom stereocenters. The molecule has 130 valence electrons. The molecule has 3 N–H and O–H groups in total. The summed E-state index contributed by atoms with van der Waals surface area (Å²) in [7, 11) is 0. The Hall–Kier alpha value is -3.01. The number of benzene rings is 2. The average Bonchev–Trinajstić information content (AvgIpc) is 3.15. The average molecular weight is 343 g/mol. The number of rotatable bonds is 5. The quantitative estimate of drug-likeness (QED) is 0.503. The van der Waals surface area contributed by atoms with Crippen LogP contribution in [0.2, 0.25) is 0 Å². The van der Waals surface area contributed by atoms with Gasteiger partial charge in [0.2, 0.25) is 5.91 Å². The van der Waals surface area contributed by atoms with Crippen LogP contribution in [0.5, 0.6) is 0 Å². The first kappa shape index (κ1) is 15.3. The third-order valence-electron chi connectivity index (χ3n) is 5.66. The molecule has 5 rings (SSSR count). The maximum atomic E-state index is 12.5. The van der Waals surface area contributed by atoms with Gasteiger partial charge in [-0.25, -0.2) is 0 Å². The first-order valence-corrected chi connectivity index (χ1v) is 9.13. The lowest BCUT2D eigenvalue weighted by Crippen LogP contribution is -2.33. The number of carbonyl (C=O) groups is 1. The third kappa shape index (κ3) is 2.49. The molecule has 1 amide bonds. The Kier molecular flexibility index (Phi) is 3.38. The van der Waals surface area contributed by atoms with Gasteiger partial charge in [-0.3, -0.25) is 4.79 Å². The normalized spacial score (nSPS) is 15.4. The first-order valence-electron chi connectivity index (χ1n) is 9.13. The molecule has 2 aromatic heterocycles. The van der Waals surface area contributed by atoms with Crippen molar-refractivity contribution in [3.05, 3.63) is 72.1 Å². The summed E-state index contributed by atoms with van der Waals surface area (Å²) in [6.45, 7) is 0.704. The molecule has 1 saturated carbocycles. The minimum atomic E-state index is 0.0841. The maximum Gasteiger partial charge on any atom is 0.224 e. The van der Waals surface area contributed by atoms with Gasteiger partial charge in [-0.15, -0.1) is 0 Å². The molecule has 0 aliphatic heterocycles. The van der Waals surface area contributed by atoms with Crippen LogP contribution in [0.3, 0.4) is 0 Å². The van der Waals surface area contributed by atoms with Crippen molar-refractivity contribution >= 4 is 27.7 Å². The van der Waals surface area contributed by atoms with Gasteiger partial charge >= 0.3 is 0 Å². The molecule has 1 fully saturated rings. The molecule has 4 heteroatoms. The number of aromatic nitrogens is 2. The summed E-state index contributed by atoms with van der Waals surface area (Å²) in [6.07, 6.45) is 6.72. The van der Waals surface area contributed by atoms with Gasteiger partial charge in [-0.2, -0.15) is 0 Å². The topological polar surface area (TPSA) is 60.7 Å². The zero-order chi connectivity index (χ0) is 17.6. The fourth-order valence-electron chi connectivity index (χ4n) is 3.98. The lowest BCUT2D eigenvalue weighted by atomic mass is 9.95. The van der Waals surface area contributed by atoms with Crippen LogP contribution < -0.4 is 5.32 Å². The van der Waals surface area contributed by atoms with Gasteiger partial charge in [0.1, 0.15) is 0 Å². The summed E-state index contributed by atoms with van der Waals surface area (Å²) in [5.74, 6) is 0.0841. The first-order chi connectivity index (χ1) is 12.8. The molecule has 1 aliphatic rings. The smallest absolute Gasteiger partial charge is 0.224 e. The van der Waals surface area contributed by atoms with E-state index in [1.54, 1.807) is 0 Å². The van der Waals surface area contributed by atoms with Gasteiger partial charge in [0, 0.05) is 46.2 Å². The van der Waals surface area contributed by atoms with Crippen LogP contribution >= 0.6 is 0 Å². The summed E-state index contributed by atoms with van der Waals surface area (Å²) in [6, 6.07) is 16.5. The zero-order valence-electron chi connectivity index (χ0n) is 14.5. The molecule has 0 radical (unpaired) electrons. The predicted octanol–water partition coefficient (Wildman–Crippen LogP) is 4.04. The van der Waals surface area contributed by atoms with Crippen molar-refractivity contribution in [2.24, 2.45) is 0 Å². The van der Waals surface area contributed by atoms with Crippen LogP contribution in [0.1, 0.15) is 24.0 Å². The number of fused-ring (bicyclic) bond motifs is 2. The summed E-state index contributed by atoms with van der Waals surface area (Å²) in [5.41, 5.74) is 4.72. The summed E-state index contributed by atoms with van der Waals surface area (Å²) in [4.78, 5) is 19.1.